The molecule has 0 amide bonds. The van der Waals surface area contributed by atoms with E-state index < -0.39 is 0 Å². The summed E-state index contributed by atoms with van der Waals surface area (Å²) < 4.78 is 18.6. The van der Waals surface area contributed by atoms with E-state index in [4.69, 9.17) is 4.74 Å². The van der Waals surface area contributed by atoms with Crippen molar-refractivity contribution in [2.45, 2.75) is 52.0 Å². The van der Waals surface area contributed by atoms with Crippen LogP contribution in [0.25, 0.3) is 0 Å². The average Bonchev–Trinajstić information content (AvgIpc) is 2.65. The molecule has 20 heavy (non-hydrogen) atoms. The molecule has 0 aromatic heterocycles. The first kappa shape index (κ1) is 15.1. The first-order valence-corrected chi connectivity index (χ1v) is 7.70. The lowest BCUT2D eigenvalue weighted by Crippen LogP contribution is -2.18. The Balaban J connectivity index is 1.94. The van der Waals surface area contributed by atoms with Crippen molar-refractivity contribution in [1.29, 1.82) is 0 Å². The van der Waals surface area contributed by atoms with Crippen LogP contribution in [0.5, 0.6) is 5.75 Å². The SMILES string of the molecule is COc1ccc(NC2CCCC(C(C)C)CC2)cc1F. The number of hydrogen-bond donors (Lipinski definition) is 1. The van der Waals surface area contributed by atoms with Crippen molar-refractivity contribution in [2.24, 2.45) is 11.8 Å². The third-order valence-electron chi connectivity index (χ3n) is 4.48. The topological polar surface area (TPSA) is 21.3 Å². The van der Waals surface area contributed by atoms with Gasteiger partial charge in [0.15, 0.2) is 11.6 Å². The fourth-order valence-electron chi connectivity index (χ4n) is 3.13. The fraction of sp³-hybridized carbons (Fsp3) is 0.647. The summed E-state index contributed by atoms with van der Waals surface area (Å²) in [7, 11) is 1.49. The molecule has 1 aromatic rings. The number of benzene rings is 1. The van der Waals surface area contributed by atoms with E-state index in [0.717, 1.165) is 17.5 Å². The van der Waals surface area contributed by atoms with Gasteiger partial charge in [0.05, 0.1) is 7.11 Å². The van der Waals surface area contributed by atoms with Crippen molar-refractivity contribution in [1.82, 2.24) is 0 Å². The van der Waals surface area contributed by atoms with Gasteiger partial charge in [0.1, 0.15) is 0 Å². The Morgan fingerprint density at radius 2 is 2.00 bits per heavy atom. The molecule has 0 saturated heterocycles. The predicted molar refractivity (Wildman–Crippen MR) is 81.8 cm³/mol. The van der Waals surface area contributed by atoms with E-state index in [-0.39, 0.29) is 5.82 Å². The van der Waals surface area contributed by atoms with Crippen LogP contribution in [0.1, 0.15) is 46.0 Å². The number of ether oxygens (including phenoxy) is 1. The van der Waals surface area contributed by atoms with Crippen LogP contribution in [0.15, 0.2) is 18.2 Å². The highest BCUT2D eigenvalue weighted by atomic mass is 19.1. The molecule has 0 aliphatic heterocycles. The Morgan fingerprint density at radius 3 is 2.65 bits per heavy atom. The molecular formula is C17H26FNO. The van der Waals surface area contributed by atoms with Crippen LogP contribution >= 0.6 is 0 Å². The Bertz CT molecular complexity index is 433. The monoisotopic (exact) mass is 279 g/mol. The normalized spacial score (nSPS) is 23.4. The second-order valence-corrected chi connectivity index (χ2v) is 6.20. The zero-order valence-electron chi connectivity index (χ0n) is 12.8. The van der Waals surface area contributed by atoms with E-state index in [0.29, 0.717) is 11.8 Å². The first-order valence-electron chi connectivity index (χ1n) is 7.70. The van der Waals surface area contributed by atoms with Crippen molar-refractivity contribution in [3.05, 3.63) is 24.0 Å². The van der Waals surface area contributed by atoms with Crippen molar-refractivity contribution >= 4 is 5.69 Å². The van der Waals surface area contributed by atoms with Crippen LogP contribution < -0.4 is 10.1 Å². The van der Waals surface area contributed by atoms with Crippen molar-refractivity contribution in [2.75, 3.05) is 12.4 Å². The van der Waals surface area contributed by atoms with Gasteiger partial charge in [-0.1, -0.05) is 26.7 Å². The van der Waals surface area contributed by atoms with Crippen molar-refractivity contribution in [3.63, 3.8) is 0 Å². The molecule has 112 valence electrons. The van der Waals surface area contributed by atoms with E-state index >= 15 is 0 Å². The molecule has 0 heterocycles. The molecule has 3 heteroatoms. The maximum Gasteiger partial charge on any atom is 0.167 e. The zero-order valence-corrected chi connectivity index (χ0v) is 12.8. The van der Waals surface area contributed by atoms with Crippen LogP contribution in [0.3, 0.4) is 0 Å². The molecule has 1 fully saturated rings. The Hall–Kier alpha value is -1.25. The van der Waals surface area contributed by atoms with Gasteiger partial charge in [0, 0.05) is 17.8 Å². The summed E-state index contributed by atoms with van der Waals surface area (Å²) in [6.45, 7) is 4.63. The van der Waals surface area contributed by atoms with E-state index in [2.05, 4.69) is 19.2 Å². The highest BCUT2D eigenvalue weighted by Gasteiger charge is 2.21. The van der Waals surface area contributed by atoms with Gasteiger partial charge in [-0.2, -0.15) is 0 Å². The quantitative estimate of drug-likeness (QED) is 0.795. The molecule has 1 aliphatic carbocycles. The molecule has 2 nitrogen and oxygen atoms in total. The number of halogens is 1. The summed E-state index contributed by atoms with van der Waals surface area (Å²) >= 11 is 0. The minimum Gasteiger partial charge on any atom is -0.494 e. The van der Waals surface area contributed by atoms with Gasteiger partial charge >= 0.3 is 0 Å². The number of nitrogens with one attached hydrogen (secondary N) is 1. The zero-order chi connectivity index (χ0) is 14.5. The van der Waals surface area contributed by atoms with E-state index in [9.17, 15) is 4.39 Å². The molecule has 0 bridgehead atoms. The second-order valence-electron chi connectivity index (χ2n) is 6.20. The van der Waals surface area contributed by atoms with Gasteiger partial charge < -0.3 is 10.1 Å². The molecular weight excluding hydrogens is 253 g/mol. The molecule has 1 aromatic carbocycles. The largest absolute Gasteiger partial charge is 0.494 e. The van der Waals surface area contributed by atoms with Crippen LogP contribution in [-0.2, 0) is 0 Å². The lowest BCUT2D eigenvalue weighted by Gasteiger charge is -2.20. The summed E-state index contributed by atoms with van der Waals surface area (Å²) in [5.74, 6) is 1.61. The smallest absolute Gasteiger partial charge is 0.167 e. The lowest BCUT2D eigenvalue weighted by atomic mass is 9.89. The number of methoxy groups -OCH3 is 1. The molecule has 1 saturated carbocycles. The predicted octanol–water partition coefficient (Wildman–Crippen LogP) is 4.85. The van der Waals surface area contributed by atoms with E-state index in [1.807, 2.05) is 6.07 Å². The summed E-state index contributed by atoms with van der Waals surface area (Å²) in [6.07, 6.45) is 6.22. The third-order valence-corrected chi connectivity index (χ3v) is 4.48. The Kier molecular flexibility index (Phi) is 5.27. The summed E-state index contributed by atoms with van der Waals surface area (Å²) in [5, 5.41) is 3.48. The summed E-state index contributed by atoms with van der Waals surface area (Å²) in [5.41, 5.74) is 0.858. The fourth-order valence-corrected chi connectivity index (χ4v) is 3.13. The highest BCUT2D eigenvalue weighted by molar-refractivity contribution is 5.48. The van der Waals surface area contributed by atoms with Crippen LogP contribution in [-0.4, -0.2) is 13.2 Å². The standard InChI is InChI=1S/C17H26FNO/c1-12(2)13-5-4-6-14(8-7-13)19-15-9-10-17(20-3)16(18)11-15/h9-14,19H,4-8H2,1-3H3. The van der Waals surface area contributed by atoms with Gasteiger partial charge in [-0.05, 0) is 43.2 Å². The first-order chi connectivity index (χ1) is 9.60. The number of anilines is 1. The van der Waals surface area contributed by atoms with Gasteiger partial charge in [0.2, 0.25) is 0 Å². The van der Waals surface area contributed by atoms with Crippen molar-refractivity contribution in [3.8, 4) is 5.75 Å². The minimum absolute atomic E-state index is 0.300. The number of rotatable bonds is 4. The van der Waals surface area contributed by atoms with E-state index in [1.54, 1.807) is 6.07 Å². The van der Waals surface area contributed by atoms with Crippen LogP contribution in [0.2, 0.25) is 0 Å². The van der Waals surface area contributed by atoms with Gasteiger partial charge in [-0.25, -0.2) is 4.39 Å². The molecule has 0 spiro atoms. The Morgan fingerprint density at radius 1 is 1.20 bits per heavy atom. The van der Waals surface area contributed by atoms with Crippen LogP contribution in [0.4, 0.5) is 10.1 Å². The van der Waals surface area contributed by atoms with Gasteiger partial charge in [0.25, 0.3) is 0 Å². The number of hydrogen-bond acceptors (Lipinski definition) is 2. The Labute approximate surface area is 121 Å². The molecule has 2 atom stereocenters. The third kappa shape index (κ3) is 3.87. The molecule has 2 unspecified atom stereocenters. The summed E-state index contributed by atoms with van der Waals surface area (Å²) in [4.78, 5) is 0. The van der Waals surface area contributed by atoms with Gasteiger partial charge in [-0.15, -0.1) is 0 Å². The molecule has 0 radical (unpaired) electrons. The second kappa shape index (κ2) is 6.96. The van der Waals surface area contributed by atoms with E-state index in [1.165, 1.54) is 45.3 Å². The molecule has 2 rings (SSSR count). The minimum atomic E-state index is -0.300. The average molecular weight is 279 g/mol. The lowest BCUT2D eigenvalue weighted by molar-refractivity contribution is 0.341. The maximum absolute atomic E-state index is 13.7. The highest BCUT2D eigenvalue weighted by Crippen LogP contribution is 2.30. The van der Waals surface area contributed by atoms with Gasteiger partial charge in [-0.3, -0.25) is 0 Å². The maximum atomic E-state index is 13.7. The van der Waals surface area contributed by atoms with Crippen molar-refractivity contribution < 1.29 is 9.13 Å². The summed E-state index contributed by atoms with van der Waals surface area (Å²) in [6, 6.07) is 5.58. The van der Waals surface area contributed by atoms with Crippen LogP contribution in [0, 0.1) is 17.7 Å². The molecule has 1 aliphatic rings. The molecule has 1 N–H and O–H groups in total.